The third-order valence-electron chi connectivity index (χ3n) is 3.67. The first kappa shape index (κ1) is 15.3. The van der Waals surface area contributed by atoms with Crippen LogP contribution in [0.4, 0.5) is 0 Å². The van der Waals surface area contributed by atoms with Crippen LogP contribution in [-0.4, -0.2) is 42.0 Å². The number of carbonyl (C=O) groups excluding carboxylic acids is 1. The zero-order valence-electron chi connectivity index (χ0n) is 11.7. The number of hydrogen-bond acceptors (Lipinski definition) is 4. The van der Waals surface area contributed by atoms with Crippen LogP contribution in [0.25, 0.3) is 0 Å². The first-order valence-electron chi connectivity index (χ1n) is 6.54. The summed E-state index contributed by atoms with van der Waals surface area (Å²) in [5, 5.41) is 6.37. The fourth-order valence-corrected chi connectivity index (χ4v) is 4.08. The van der Waals surface area contributed by atoms with E-state index in [0.717, 1.165) is 12.8 Å². The first-order valence-corrected chi connectivity index (χ1v) is 8.85. The second-order valence-corrected chi connectivity index (χ2v) is 7.92. The molecular weight excluding hydrogens is 302 g/mol. The number of hydrogen-bond donors (Lipinski definition) is 1. The third-order valence-corrected chi connectivity index (χ3v) is 5.12. The van der Waals surface area contributed by atoms with Crippen LogP contribution in [-0.2, 0) is 9.05 Å². The molecule has 1 fully saturated rings. The molecule has 1 atom stereocenters. The number of aromatic nitrogens is 2. The summed E-state index contributed by atoms with van der Waals surface area (Å²) in [5.74, 6) is -0.0534. The van der Waals surface area contributed by atoms with Gasteiger partial charge >= 0.3 is 0 Å². The van der Waals surface area contributed by atoms with E-state index in [1.807, 2.05) is 13.8 Å². The SMILES string of the molecule is Cc1[nH]nc(C(=O)N2CCCC2C(C)C)c1S(=O)(=O)Cl. The van der Waals surface area contributed by atoms with E-state index in [1.165, 1.54) is 6.92 Å². The van der Waals surface area contributed by atoms with E-state index in [0.29, 0.717) is 12.5 Å². The van der Waals surface area contributed by atoms with Gasteiger partial charge in [0, 0.05) is 23.3 Å². The van der Waals surface area contributed by atoms with Crippen LogP contribution in [0.2, 0.25) is 0 Å². The summed E-state index contributed by atoms with van der Waals surface area (Å²) < 4.78 is 23.2. The summed E-state index contributed by atoms with van der Waals surface area (Å²) in [5.41, 5.74) is 0.175. The number of amides is 1. The quantitative estimate of drug-likeness (QED) is 0.863. The maximum absolute atomic E-state index is 12.6. The number of carbonyl (C=O) groups is 1. The van der Waals surface area contributed by atoms with Crippen molar-refractivity contribution < 1.29 is 13.2 Å². The summed E-state index contributed by atoms with van der Waals surface area (Å²) in [6.07, 6.45) is 1.84. The van der Waals surface area contributed by atoms with Gasteiger partial charge in [0.05, 0.1) is 5.69 Å². The Bertz CT molecular complexity index is 624. The van der Waals surface area contributed by atoms with E-state index < -0.39 is 9.05 Å². The highest BCUT2D eigenvalue weighted by molar-refractivity contribution is 8.13. The van der Waals surface area contributed by atoms with Crippen LogP contribution >= 0.6 is 10.7 Å². The van der Waals surface area contributed by atoms with E-state index in [4.69, 9.17) is 10.7 Å². The summed E-state index contributed by atoms with van der Waals surface area (Å²) >= 11 is 0. The Labute approximate surface area is 122 Å². The first-order chi connectivity index (χ1) is 9.23. The fourth-order valence-electron chi connectivity index (χ4n) is 2.74. The van der Waals surface area contributed by atoms with Crippen molar-refractivity contribution in [3.05, 3.63) is 11.4 Å². The molecule has 112 valence electrons. The number of likely N-dealkylation sites (tertiary alicyclic amines) is 1. The Hall–Kier alpha value is -1.08. The van der Waals surface area contributed by atoms with E-state index >= 15 is 0 Å². The molecule has 1 saturated heterocycles. The van der Waals surface area contributed by atoms with Gasteiger partial charge in [-0.2, -0.15) is 5.10 Å². The van der Waals surface area contributed by atoms with Gasteiger partial charge in [-0.3, -0.25) is 9.89 Å². The van der Waals surface area contributed by atoms with Crippen molar-refractivity contribution in [2.45, 2.75) is 44.6 Å². The zero-order chi connectivity index (χ0) is 15.1. The van der Waals surface area contributed by atoms with Gasteiger partial charge in [0.25, 0.3) is 15.0 Å². The molecule has 1 aromatic rings. The van der Waals surface area contributed by atoms with Crippen molar-refractivity contribution in [3.63, 3.8) is 0 Å². The monoisotopic (exact) mass is 319 g/mol. The molecule has 6 nitrogen and oxygen atoms in total. The maximum atomic E-state index is 12.6. The average molecular weight is 320 g/mol. The molecule has 1 aliphatic rings. The van der Waals surface area contributed by atoms with Gasteiger partial charge in [0.2, 0.25) is 0 Å². The highest BCUT2D eigenvalue weighted by Crippen LogP contribution is 2.28. The molecule has 0 spiro atoms. The zero-order valence-corrected chi connectivity index (χ0v) is 13.3. The van der Waals surface area contributed by atoms with Crippen molar-refractivity contribution >= 4 is 25.6 Å². The predicted molar refractivity (Wildman–Crippen MR) is 75.3 cm³/mol. The van der Waals surface area contributed by atoms with Crippen LogP contribution in [0.1, 0.15) is 42.9 Å². The summed E-state index contributed by atoms with van der Waals surface area (Å²) in [6.45, 7) is 6.24. The Kier molecular flexibility index (Phi) is 4.11. The largest absolute Gasteiger partial charge is 0.334 e. The van der Waals surface area contributed by atoms with Gasteiger partial charge in [0.1, 0.15) is 4.90 Å². The highest BCUT2D eigenvalue weighted by atomic mass is 35.7. The minimum atomic E-state index is -4.00. The van der Waals surface area contributed by atoms with Crippen molar-refractivity contribution in [1.29, 1.82) is 0 Å². The summed E-state index contributed by atoms with van der Waals surface area (Å²) in [6, 6.07) is 0.116. The molecule has 0 aromatic carbocycles. The number of rotatable bonds is 3. The standard InChI is InChI=1S/C12H18ClN3O3S/c1-7(2)9-5-4-6-16(9)12(17)10-11(20(13,18)19)8(3)14-15-10/h7,9H,4-6H2,1-3H3,(H,14,15). The maximum Gasteiger partial charge on any atom is 0.276 e. The van der Waals surface area contributed by atoms with Gasteiger partial charge < -0.3 is 4.90 Å². The molecule has 1 amide bonds. The van der Waals surface area contributed by atoms with Crippen molar-refractivity contribution in [2.24, 2.45) is 5.92 Å². The predicted octanol–water partition coefficient (Wildman–Crippen LogP) is 1.91. The second kappa shape index (κ2) is 5.37. The lowest BCUT2D eigenvalue weighted by molar-refractivity contribution is 0.0691. The van der Waals surface area contributed by atoms with E-state index in [1.54, 1.807) is 4.90 Å². The molecule has 0 aliphatic carbocycles. The molecule has 1 aromatic heterocycles. The van der Waals surface area contributed by atoms with Crippen LogP contribution in [0.15, 0.2) is 4.90 Å². The molecular formula is C12H18ClN3O3S. The number of aryl methyl sites for hydroxylation is 1. The van der Waals surface area contributed by atoms with E-state index in [-0.39, 0.29) is 28.2 Å². The van der Waals surface area contributed by atoms with Gasteiger partial charge in [-0.1, -0.05) is 13.8 Å². The number of nitrogens with one attached hydrogen (secondary N) is 1. The van der Waals surface area contributed by atoms with Gasteiger partial charge in [0.15, 0.2) is 5.69 Å². The second-order valence-electron chi connectivity index (χ2n) is 5.42. The van der Waals surface area contributed by atoms with Gasteiger partial charge in [-0.15, -0.1) is 0 Å². The highest BCUT2D eigenvalue weighted by Gasteiger charge is 2.36. The number of H-pyrrole nitrogens is 1. The molecule has 8 heteroatoms. The fraction of sp³-hybridized carbons (Fsp3) is 0.667. The molecule has 0 saturated carbocycles. The van der Waals surface area contributed by atoms with Crippen LogP contribution < -0.4 is 0 Å². The topological polar surface area (TPSA) is 83.1 Å². The third kappa shape index (κ3) is 2.69. The Morgan fingerprint density at radius 2 is 2.15 bits per heavy atom. The van der Waals surface area contributed by atoms with Crippen molar-refractivity contribution in [2.75, 3.05) is 6.54 Å². The Morgan fingerprint density at radius 1 is 1.50 bits per heavy atom. The lowest BCUT2D eigenvalue weighted by Gasteiger charge is -2.27. The van der Waals surface area contributed by atoms with Gasteiger partial charge in [-0.25, -0.2) is 8.42 Å². The average Bonchev–Trinajstić information content (AvgIpc) is 2.92. The molecule has 1 N–H and O–H groups in total. The van der Waals surface area contributed by atoms with Crippen molar-refractivity contribution in [1.82, 2.24) is 15.1 Å². The number of halogens is 1. The molecule has 1 aliphatic heterocycles. The lowest BCUT2D eigenvalue weighted by Crippen LogP contribution is -2.39. The number of nitrogens with zero attached hydrogens (tertiary/aromatic N) is 2. The van der Waals surface area contributed by atoms with E-state index in [9.17, 15) is 13.2 Å². The van der Waals surface area contributed by atoms with Crippen LogP contribution in [0.5, 0.6) is 0 Å². The normalized spacial score (nSPS) is 19.9. The number of aromatic amines is 1. The van der Waals surface area contributed by atoms with Gasteiger partial charge in [-0.05, 0) is 25.7 Å². The smallest absolute Gasteiger partial charge is 0.276 e. The molecule has 20 heavy (non-hydrogen) atoms. The Balaban J connectivity index is 2.40. The van der Waals surface area contributed by atoms with Crippen LogP contribution in [0, 0.1) is 12.8 Å². The van der Waals surface area contributed by atoms with E-state index in [2.05, 4.69) is 10.2 Å². The minimum Gasteiger partial charge on any atom is -0.334 e. The summed E-state index contributed by atoms with van der Waals surface area (Å²) in [7, 11) is 1.40. The molecule has 2 heterocycles. The minimum absolute atomic E-state index is 0.106. The Morgan fingerprint density at radius 3 is 2.70 bits per heavy atom. The van der Waals surface area contributed by atoms with Crippen molar-refractivity contribution in [3.8, 4) is 0 Å². The molecule has 0 radical (unpaired) electrons. The summed E-state index contributed by atoms with van der Waals surface area (Å²) in [4.78, 5) is 14.1. The molecule has 1 unspecified atom stereocenters. The molecule has 2 rings (SSSR count). The molecule has 0 bridgehead atoms. The van der Waals surface area contributed by atoms with Crippen LogP contribution in [0.3, 0.4) is 0 Å². The lowest BCUT2D eigenvalue weighted by atomic mass is 10.0.